The highest BCUT2D eigenvalue weighted by atomic mass is 16.6. The number of rotatable bonds is 7. The highest BCUT2D eigenvalue weighted by Crippen LogP contribution is 2.44. The highest BCUT2D eigenvalue weighted by Gasteiger charge is 2.66. The van der Waals surface area contributed by atoms with E-state index in [0.29, 0.717) is 0 Å². The van der Waals surface area contributed by atoms with Gasteiger partial charge in [-0.2, -0.15) is 0 Å². The van der Waals surface area contributed by atoms with Crippen LogP contribution >= 0.6 is 0 Å². The van der Waals surface area contributed by atoms with Crippen LogP contribution in [-0.2, 0) is 28.7 Å². The molecule has 2 saturated heterocycles. The van der Waals surface area contributed by atoms with Crippen molar-refractivity contribution in [2.45, 2.75) is 64.1 Å². The second-order valence-electron chi connectivity index (χ2n) is 8.71. The number of amides is 2. The maximum atomic E-state index is 13.2. The summed E-state index contributed by atoms with van der Waals surface area (Å²) in [5.41, 5.74) is 1.80. The van der Waals surface area contributed by atoms with Crippen LogP contribution in [0.2, 0.25) is 0 Å². The molecule has 2 aliphatic rings. The first-order valence-corrected chi connectivity index (χ1v) is 11.3. The minimum Gasteiger partial charge on any atom is -0.450 e. The van der Waals surface area contributed by atoms with Crippen molar-refractivity contribution in [3.8, 4) is 0 Å². The fourth-order valence-corrected chi connectivity index (χ4v) is 4.97. The van der Waals surface area contributed by atoms with Crippen LogP contribution in [0.5, 0.6) is 0 Å². The van der Waals surface area contributed by atoms with E-state index in [2.05, 4.69) is 0 Å². The van der Waals surface area contributed by atoms with Crippen LogP contribution in [0.4, 0.5) is 0 Å². The monoisotopic (exact) mass is 464 g/mol. The predicted octanol–water partition coefficient (Wildman–Crippen LogP) is 2.79. The Kier molecular flexibility index (Phi) is 6.41. The number of esters is 2. The van der Waals surface area contributed by atoms with Crippen molar-refractivity contribution in [1.82, 2.24) is 9.80 Å². The third kappa shape index (κ3) is 4.04. The molecule has 0 aromatic heterocycles. The van der Waals surface area contributed by atoms with Gasteiger partial charge in [0.25, 0.3) is 11.8 Å². The second-order valence-corrected chi connectivity index (χ2v) is 8.71. The molecule has 0 unspecified atom stereocenters. The third-order valence-electron chi connectivity index (χ3n) is 6.59. The van der Waals surface area contributed by atoms with Crippen molar-refractivity contribution in [3.05, 3.63) is 71.8 Å². The molecule has 0 aliphatic carbocycles. The molecule has 0 bridgehead atoms. The molecule has 2 aromatic carbocycles. The van der Waals surface area contributed by atoms with Crippen LogP contribution in [0.3, 0.4) is 0 Å². The summed E-state index contributed by atoms with van der Waals surface area (Å²) in [6.07, 6.45) is -2.13. The van der Waals surface area contributed by atoms with E-state index >= 15 is 0 Å². The van der Waals surface area contributed by atoms with Gasteiger partial charge in [0.15, 0.2) is 0 Å². The summed E-state index contributed by atoms with van der Waals surface area (Å²) in [6.45, 7) is 6.26. The zero-order chi connectivity index (χ0) is 24.6. The number of benzene rings is 2. The van der Waals surface area contributed by atoms with E-state index in [1.54, 1.807) is 9.80 Å². The molecule has 0 radical (unpaired) electrons. The van der Waals surface area contributed by atoms with E-state index in [4.69, 9.17) is 9.47 Å². The lowest BCUT2D eigenvalue weighted by Crippen LogP contribution is -2.81. The average Bonchev–Trinajstić information content (AvgIpc) is 2.83. The van der Waals surface area contributed by atoms with Gasteiger partial charge in [0.2, 0.25) is 12.2 Å². The van der Waals surface area contributed by atoms with Crippen LogP contribution in [0.25, 0.3) is 0 Å². The van der Waals surface area contributed by atoms with Crippen LogP contribution in [0, 0.1) is 0 Å². The minimum atomic E-state index is -1.06. The summed E-state index contributed by atoms with van der Waals surface area (Å²) in [4.78, 5) is 53.2. The maximum absolute atomic E-state index is 13.2. The molecule has 2 amide bonds. The average molecular weight is 465 g/mol. The van der Waals surface area contributed by atoms with E-state index in [-0.39, 0.29) is 23.9 Å². The number of nitrogens with zero attached hydrogens (tertiary/aromatic N) is 2. The summed E-state index contributed by atoms with van der Waals surface area (Å²) in [7, 11) is 0. The van der Waals surface area contributed by atoms with Gasteiger partial charge in [-0.25, -0.2) is 0 Å². The fraction of sp³-hybridized carbons (Fsp3) is 0.385. The Bertz CT molecular complexity index is 1000. The molecule has 6 atom stereocenters. The number of ether oxygens (including phenoxy) is 2. The lowest BCUT2D eigenvalue weighted by Gasteiger charge is -2.60. The van der Waals surface area contributed by atoms with Crippen molar-refractivity contribution in [1.29, 1.82) is 0 Å². The van der Waals surface area contributed by atoms with E-state index in [9.17, 15) is 19.2 Å². The molecular formula is C26H28N2O6. The summed E-state index contributed by atoms with van der Waals surface area (Å²) in [5.74, 6) is -1.87. The van der Waals surface area contributed by atoms with Crippen molar-refractivity contribution in [2.75, 3.05) is 0 Å². The van der Waals surface area contributed by atoms with Gasteiger partial charge in [0.1, 0.15) is 12.1 Å². The SMILES string of the molecule is CC(=O)O[C@@H]1C(=O)N([C@@H](C)c2ccccc2)[C@@H]1[C@@H]1[C@H](OC(C)=O)C(=O)N1[C@@H](C)c1ccccc1. The third-order valence-corrected chi connectivity index (χ3v) is 6.59. The molecule has 8 nitrogen and oxygen atoms in total. The topological polar surface area (TPSA) is 93.2 Å². The number of likely N-dealkylation sites (tertiary alicyclic amines) is 2. The van der Waals surface area contributed by atoms with Gasteiger partial charge in [0, 0.05) is 13.8 Å². The number of hydrogen-bond donors (Lipinski definition) is 0. The Morgan fingerprint density at radius 1 is 0.676 bits per heavy atom. The Hall–Kier alpha value is -3.68. The standard InChI is InChI=1S/C26H28N2O6/c1-15(19-11-7-5-8-12-19)27-21(23(25(27)31)33-17(3)29)22-24(34-18(4)30)26(32)28(22)16(2)20-13-9-6-10-14-20/h5-16,21-24H,1-4H3/t15-,16-,21+,22+,23-,24-/m0/s1. The Morgan fingerprint density at radius 2 is 1.00 bits per heavy atom. The second kappa shape index (κ2) is 9.29. The molecule has 2 fully saturated rings. The summed E-state index contributed by atoms with van der Waals surface area (Å²) >= 11 is 0. The number of carbonyl (C=O) groups excluding carboxylic acids is 4. The zero-order valence-electron chi connectivity index (χ0n) is 19.6. The number of hydrogen-bond acceptors (Lipinski definition) is 6. The largest absolute Gasteiger partial charge is 0.450 e. The minimum absolute atomic E-state index is 0.340. The van der Waals surface area contributed by atoms with Crippen LogP contribution in [0.1, 0.15) is 50.9 Å². The molecule has 2 heterocycles. The van der Waals surface area contributed by atoms with E-state index in [1.807, 2.05) is 74.5 Å². The lowest BCUT2D eigenvalue weighted by atomic mass is 9.78. The fourth-order valence-electron chi connectivity index (χ4n) is 4.97. The maximum Gasteiger partial charge on any atom is 0.303 e. The van der Waals surface area contributed by atoms with Crippen LogP contribution in [-0.4, -0.2) is 57.8 Å². The Morgan fingerprint density at radius 3 is 1.29 bits per heavy atom. The lowest BCUT2D eigenvalue weighted by molar-refractivity contribution is -0.217. The molecule has 4 rings (SSSR count). The van der Waals surface area contributed by atoms with Crippen molar-refractivity contribution in [2.24, 2.45) is 0 Å². The quantitative estimate of drug-likeness (QED) is 0.462. The van der Waals surface area contributed by atoms with Gasteiger partial charge in [-0.05, 0) is 25.0 Å². The normalized spacial score (nSPS) is 25.6. The van der Waals surface area contributed by atoms with Gasteiger partial charge >= 0.3 is 11.9 Å². The van der Waals surface area contributed by atoms with Gasteiger partial charge in [-0.15, -0.1) is 0 Å². The Balaban J connectivity index is 1.72. The zero-order valence-corrected chi connectivity index (χ0v) is 19.6. The van der Waals surface area contributed by atoms with Crippen molar-refractivity contribution in [3.63, 3.8) is 0 Å². The molecule has 2 aromatic rings. The summed E-state index contributed by atoms with van der Waals surface area (Å²) in [6, 6.07) is 16.9. The molecule has 0 N–H and O–H groups in total. The van der Waals surface area contributed by atoms with Crippen molar-refractivity contribution >= 4 is 23.8 Å². The van der Waals surface area contributed by atoms with Gasteiger partial charge in [0.05, 0.1) is 12.1 Å². The Labute approximate surface area is 198 Å². The molecule has 0 saturated carbocycles. The molecule has 34 heavy (non-hydrogen) atoms. The highest BCUT2D eigenvalue weighted by molar-refractivity contribution is 5.95. The molecule has 0 spiro atoms. The molecule has 8 heteroatoms. The van der Waals surface area contributed by atoms with Gasteiger partial charge in [-0.3, -0.25) is 19.2 Å². The van der Waals surface area contributed by atoms with Gasteiger partial charge < -0.3 is 19.3 Å². The molecule has 178 valence electrons. The smallest absolute Gasteiger partial charge is 0.303 e. The number of carbonyl (C=O) groups is 4. The van der Waals surface area contributed by atoms with Crippen molar-refractivity contribution < 1.29 is 28.7 Å². The molecule has 2 aliphatic heterocycles. The van der Waals surface area contributed by atoms with E-state index in [1.165, 1.54) is 13.8 Å². The van der Waals surface area contributed by atoms with Gasteiger partial charge in [-0.1, -0.05) is 60.7 Å². The van der Waals surface area contributed by atoms with Crippen LogP contribution < -0.4 is 0 Å². The summed E-state index contributed by atoms with van der Waals surface area (Å²) < 4.78 is 10.8. The first-order chi connectivity index (χ1) is 16.2. The predicted molar refractivity (Wildman–Crippen MR) is 122 cm³/mol. The summed E-state index contributed by atoms with van der Waals surface area (Å²) in [5, 5.41) is 0. The van der Waals surface area contributed by atoms with Crippen LogP contribution in [0.15, 0.2) is 60.7 Å². The van der Waals surface area contributed by atoms with E-state index < -0.39 is 36.2 Å². The first-order valence-electron chi connectivity index (χ1n) is 11.3. The van der Waals surface area contributed by atoms with E-state index in [0.717, 1.165) is 11.1 Å². The first kappa shape index (κ1) is 23.5. The molecular weight excluding hydrogens is 436 g/mol. The number of β-lactam (4-membered cyclic amide) rings is 2.